The predicted octanol–water partition coefficient (Wildman–Crippen LogP) is 4.43. The van der Waals surface area contributed by atoms with Crippen molar-refractivity contribution >= 4 is 44.8 Å². The lowest BCUT2D eigenvalue weighted by atomic mass is 10.0. The van der Waals surface area contributed by atoms with E-state index in [1.165, 1.54) is 32.2 Å². The molecule has 0 bridgehead atoms. The number of rotatable bonds is 7. The number of carbonyl (C=O) groups is 1. The zero-order valence-electron chi connectivity index (χ0n) is 15.9. The van der Waals surface area contributed by atoms with Crippen LogP contribution in [0.2, 0.25) is 10.0 Å². The van der Waals surface area contributed by atoms with Gasteiger partial charge in [-0.25, -0.2) is 8.42 Å². The molecule has 2 aromatic carbocycles. The zero-order valence-corrected chi connectivity index (χ0v) is 18.2. The van der Waals surface area contributed by atoms with E-state index in [-0.39, 0.29) is 16.6 Å². The Kier molecular flexibility index (Phi) is 7.33. The van der Waals surface area contributed by atoms with Crippen molar-refractivity contribution in [2.24, 2.45) is 0 Å². The fraction of sp³-hybridized carbons (Fsp3) is 0.316. The Morgan fingerprint density at radius 2 is 1.64 bits per heavy atom. The Labute approximate surface area is 175 Å². The van der Waals surface area contributed by atoms with Crippen LogP contribution < -0.4 is 14.8 Å². The van der Waals surface area contributed by atoms with Crippen molar-refractivity contribution in [3.05, 3.63) is 52.0 Å². The summed E-state index contributed by atoms with van der Waals surface area (Å²) < 4.78 is 33.3. The molecule has 152 valence electrons. The van der Waals surface area contributed by atoms with Gasteiger partial charge in [0.05, 0.1) is 13.2 Å². The fourth-order valence-corrected chi connectivity index (χ4v) is 4.42. The minimum absolute atomic E-state index is 0.0216. The molecule has 9 heteroatoms. The van der Waals surface area contributed by atoms with Crippen LogP contribution in [0.4, 0.5) is 5.69 Å². The minimum Gasteiger partial charge on any atom is -0.495 e. The molecule has 1 amide bonds. The van der Waals surface area contributed by atoms with Crippen LogP contribution in [0.15, 0.2) is 41.3 Å². The third-order valence-electron chi connectivity index (χ3n) is 4.00. The van der Waals surface area contributed by atoms with E-state index in [9.17, 15) is 13.2 Å². The van der Waals surface area contributed by atoms with Crippen molar-refractivity contribution in [3.63, 3.8) is 0 Å². The summed E-state index contributed by atoms with van der Waals surface area (Å²) in [5, 5.41) is 3.30. The molecule has 0 spiro atoms. The number of amides is 1. The highest BCUT2D eigenvalue weighted by Crippen LogP contribution is 2.28. The normalized spacial score (nSPS) is 12.7. The molecule has 2 rings (SSSR count). The average Bonchev–Trinajstić information content (AvgIpc) is 2.59. The largest absolute Gasteiger partial charge is 0.495 e. The summed E-state index contributed by atoms with van der Waals surface area (Å²) in [6.07, 6.45) is 0. The van der Waals surface area contributed by atoms with Gasteiger partial charge in [0.25, 0.3) is 0 Å². The first-order chi connectivity index (χ1) is 13.0. The van der Waals surface area contributed by atoms with Gasteiger partial charge < -0.3 is 10.1 Å². The standard InChI is InChI=1S/C19H22Cl2N2O4S/c1-11(2)13-5-6-17(27-4)18(7-13)28(25,26)23-12(3)19(24)22-16-9-14(20)8-15(21)10-16/h5-12,23H,1-4H3,(H,22,24). The maximum absolute atomic E-state index is 12.8. The molecule has 0 aliphatic heterocycles. The van der Waals surface area contributed by atoms with Crippen LogP contribution in [0.25, 0.3) is 0 Å². The number of nitrogens with one attached hydrogen (secondary N) is 2. The Bertz CT molecular complexity index is 958. The van der Waals surface area contributed by atoms with E-state index < -0.39 is 22.0 Å². The summed E-state index contributed by atoms with van der Waals surface area (Å²) in [5.74, 6) is -0.222. The molecule has 6 nitrogen and oxygen atoms in total. The van der Waals surface area contributed by atoms with Crippen molar-refractivity contribution in [1.29, 1.82) is 0 Å². The molecule has 0 saturated carbocycles. The average molecular weight is 445 g/mol. The second kappa shape index (κ2) is 9.13. The molecule has 2 aromatic rings. The van der Waals surface area contributed by atoms with Crippen molar-refractivity contribution in [2.45, 2.75) is 37.6 Å². The highest BCUT2D eigenvalue weighted by Gasteiger charge is 2.26. The summed E-state index contributed by atoms with van der Waals surface area (Å²) >= 11 is 11.8. The summed E-state index contributed by atoms with van der Waals surface area (Å²) in [5.41, 5.74) is 1.21. The van der Waals surface area contributed by atoms with E-state index >= 15 is 0 Å². The lowest BCUT2D eigenvalue weighted by Gasteiger charge is -2.17. The monoisotopic (exact) mass is 444 g/mol. The molecular weight excluding hydrogens is 423 g/mol. The van der Waals surface area contributed by atoms with Gasteiger partial charge in [0, 0.05) is 15.7 Å². The highest BCUT2D eigenvalue weighted by molar-refractivity contribution is 7.89. The maximum atomic E-state index is 12.8. The number of benzene rings is 2. The fourth-order valence-electron chi connectivity index (χ4n) is 2.49. The molecule has 28 heavy (non-hydrogen) atoms. The van der Waals surface area contributed by atoms with Crippen LogP contribution in [0.5, 0.6) is 5.75 Å². The molecule has 0 aliphatic rings. The van der Waals surface area contributed by atoms with Crippen molar-refractivity contribution in [3.8, 4) is 5.75 Å². The van der Waals surface area contributed by atoms with E-state index in [0.717, 1.165) is 5.56 Å². The maximum Gasteiger partial charge on any atom is 0.244 e. The summed E-state index contributed by atoms with van der Waals surface area (Å²) in [6.45, 7) is 5.35. The topological polar surface area (TPSA) is 84.5 Å². The van der Waals surface area contributed by atoms with Crippen molar-refractivity contribution in [1.82, 2.24) is 4.72 Å². The van der Waals surface area contributed by atoms with Gasteiger partial charge in [0.2, 0.25) is 15.9 Å². The van der Waals surface area contributed by atoms with Crippen LogP contribution in [0, 0.1) is 0 Å². The van der Waals surface area contributed by atoms with Crippen LogP contribution in [0.3, 0.4) is 0 Å². The van der Waals surface area contributed by atoms with Crippen LogP contribution >= 0.6 is 23.2 Å². The lowest BCUT2D eigenvalue weighted by molar-refractivity contribution is -0.117. The van der Waals surface area contributed by atoms with Crippen LogP contribution in [-0.2, 0) is 14.8 Å². The van der Waals surface area contributed by atoms with E-state index in [1.807, 2.05) is 19.9 Å². The minimum atomic E-state index is -4.00. The SMILES string of the molecule is COc1ccc(C(C)C)cc1S(=O)(=O)NC(C)C(=O)Nc1cc(Cl)cc(Cl)c1. The molecular formula is C19H22Cl2N2O4S. The van der Waals surface area contributed by atoms with Crippen LogP contribution in [-0.4, -0.2) is 27.5 Å². The molecule has 0 radical (unpaired) electrons. The smallest absolute Gasteiger partial charge is 0.244 e. The second-order valence-electron chi connectivity index (χ2n) is 6.56. The van der Waals surface area contributed by atoms with Gasteiger partial charge in [0.15, 0.2) is 0 Å². The number of hydrogen-bond donors (Lipinski definition) is 2. The first kappa shape index (κ1) is 22.5. The van der Waals surface area contributed by atoms with Gasteiger partial charge >= 0.3 is 0 Å². The van der Waals surface area contributed by atoms with E-state index in [0.29, 0.717) is 15.7 Å². The van der Waals surface area contributed by atoms with Crippen molar-refractivity contribution < 1.29 is 17.9 Å². The van der Waals surface area contributed by atoms with Crippen LogP contribution in [0.1, 0.15) is 32.3 Å². The van der Waals surface area contributed by atoms with Gasteiger partial charge in [-0.2, -0.15) is 4.72 Å². The first-order valence-electron chi connectivity index (χ1n) is 8.50. The molecule has 0 aliphatic carbocycles. The highest BCUT2D eigenvalue weighted by atomic mass is 35.5. The molecule has 0 aromatic heterocycles. The van der Waals surface area contributed by atoms with E-state index in [1.54, 1.807) is 12.1 Å². The molecule has 2 N–H and O–H groups in total. The summed E-state index contributed by atoms with van der Waals surface area (Å²) in [7, 11) is -2.61. The van der Waals surface area contributed by atoms with E-state index in [2.05, 4.69) is 10.0 Å². The number of anilines is 1. The van der Waals surface area contributed by atoms with Gasteiger partial charge in [-0.3, -0.25) is 4.79 Å². The number of halogens is 2. The van der Waals surface area contributed by atoms with Gasteiger partial charge in [-0.15, -0.1) is 0 Å². The Morgan fingerprint density at radius 3 is 2.18 bits per heavy atom. The molecule has 0 heterocycles. The Morgan fingerprint density at radius 1 is 1.04 bits per heavy atom. The second-order valence-corrected chi connectivity index (χ2v) is 9.11. The molecule has 1 atom stereocenters. The Balaban J connectivity index is 2.23. The van der Waals surface area contributed by atoms with Crippen molar-refractivity contribution in [2.75, 3.05) is 12.4 Å². The predicted molar refractivity (Wildman–Crippen MR) is 112 cm³/mol. The number of carbonyl (C=O) groups excluding carboxylic acids is 1. The number of ether oxygens (including phenoxy) is 1. The van der Waals surface area contributed by atoms with Gasteiger partial charge in [-0.1, -0.05) is 43.1 Å². The van der Waals surface area contributed by atoms with Gasteiger partial charge in [0.1, 0.15) is 10.6 Å². The Hall–Kier alpha value is -1.80. The molecule has 0 saturated heterocycles. The quantitative estimate of drug-likeness (QED) is 0.661. The van der Waals surface area contributed by atoms with Gasteiger partial charge in [-0.05, 0) is 48.7 Å². The third kappa shape index (κ3) is 5.61. The summed E-state index contributed by atoms with van der Waals surface area (Å²) in [6, 6.07) is 8.47. The number of sulfonamides is 1. The number of hydrogen-bond acceptors (Lipinski definition) is 4. The van der Waals surface area contributed by atoms with E-state index in [4.69, 9.17) is 27.9 Å². The number of methoxy groups -OCH3 is 1. The first-order valence-corrected chi connectivity index (χ1v) is 10.7. The lowest BCUT2D eigenvalue weighted by Crippen LogP contribution is -2.41. The zero-order chi connectivity index (χ0) is 21.1. The summed E-state index contributed by atoms with van der Waals surface area (Å²) in [4.78, 5) is 12.4. The third-order valence-corrected chi connectivity index (χ3v) is 6.00. The molecule has 1 unspecified atom stereocenters. The molecule has 0 fully saturated rings.